The number of hydrogen-bond donors (Lipinski definition) is 1. The molecule has 150 valence electrons. The number of fused-ring (bicyclic) bond motifs is 1. The lowest BCUT2D eigenvalue weighted by molar-refractivity contribution is -0.132. The molecule has 0 aliphatic rings. The number of carbonyl (C=O) groups excluding carboxylic acids is 1. The molecule has 0 saturated heterocycles. The second kappa shape index (κ2) is 9.26. The van der Waals surface area contributed by atoms with Gasteiger partial charge in [0.25, 0.3) is 5.56 Å². The van der Waals surface area contributed by atoms with Crippen LogP contribution in [0.25, 0.3) is 10.9 Å². The highest BCUT2D eigenvalue weighted by Gasteiger charge is 2.18. The maximum Gasteiger partial charge on any atom is 0.308 e. The molecule has 0 aliphatic carbocycles. The molecule has 28 heavy (non-hydrogen) atoms. The second-order valence-electron chi connectivity index (χ2n) is 7.00. The summed E-state index contributed by atoms with van der Waals surface area (Å²) < 4.78 is 12.0. The zero-order valence-corrected chi connectivity index (χ0v) is 17.0. The fourth-order valence-electron chi connectivity index (χ4n) is 2.77. The molecule has 2 rings (SSSR count). The minimum absolute atomic E-state index is 0.352. The number of hydrogen-bond acceptors (Lipinski definition) is 5. The Hall–Kier alpha value is -3.02. The van der Waals surface area contributed by atoms with E-state index < -0.39 is 11.5 Å². The number of ether oxygens (including phenoxy) is 2. The van der Waals surface area contributed by atoms with Crippen molar-refractivity contribution in [2.24, 2.45) is 7.05 Å². The monoisotopic (exact) mass is 385 g/mol. The molecular formula is C22H27NO5. The smallest absolute Gasteiger partial charge is 0.308 e. The van der Waals surface area contributed by atoms with Gasteiger partial charge in [0, 0.05) is 25.4 Å². The first-order valence-electron chi connectivity index (χ1n) is 9.16. The fourth-order valence-corrected chi connectivity index (χ4v) is 2.77. The molecule has 1 aromatic heterocycles. The lowest BCUT2D eigenvalue weighted by Crippen LogP contribution is -2.21. The number of aryl methyl sites for hydroxylation is 1. The van der Waals surface area contributed by atoms with Crippen LogP contribution < -0.4 is 15.0 Å². The van der Waals surface area contributed by atoms with Crippen LogP contribution in [-0.2, 0) is 11.8 Å². The third kappa shape index (κ3) is 5.25. The van der Waals surface area contributed by atoms with E-state index >= 15 is 0 Å². The molecular weight excluding hydrogens is 358 g/mol. The maximum atomic E-state index is 12.4. The summed E-state index contributed by atoms with van der Waals surface area (Å²) in [7, 11) is 1.55. The average Bonchev–Trinajstić information content (AvgIpc) is 2.63. The Morgan fingerprint density at radius 3 is 2.54 bits per heavy atom. The Balaban J connectivity index is 2.20. The number of benzene rings is 1. The zero-order valence-electron chi connectivity index (χ0n) is 17.0. The summed E-state index contributed by atoms with van der Waals surface area (Å²) in [5, 5.41) is 10.7. The van der Waals surface area contributed by atoms with Gasteiger partial charge in [-0.1, -0.05) is 17.2 Å². The summed E-state index contributed by atoms with van der Waals surface area (Å²) in [6.45, 7) is 7.83. The zero-order chi connectivity index (χ0) is 20.8. The average molecular weight is 385 g/mol. The molecule has 0 saturated carbocycles. The van der Waals surface area contributed by atoms with E-state index in [-0.39, 0.29) is 11.5 Å². The molecule has 0 atom stereocenters. The Kier molecular flexibility index (Phi) is 7.04. The van der Waals surface area contributed by atoms with Crippen molar-refractivity contribution in [3.05, 3.63) is 51.9 Å². The van der Waals surface area contributed by atoms with Crippen molar-refractivity contribution in [2.75, 3.05) is 6.61 Å². The minimum Gasteiger partial charge on any atom is -0.504 e. The number of rotatable bonds is 7. The van der Waals surface area contributed by atoms with Crippen LogP contribution >= 0.6 is 0 Å². The van der Waals surface area contributed by atoms with Gasteiger partial charge in [0.2, 0.25) is 5.75 Å². The third-order valence-corrected chi connectivity index (χ3v) is 4.32. The van der Waals surface area contributed by atoms with Crippen LogP contribution in [0.3, 0.4) is 0 Å². The van der Waals surface area contributed by atoms with Gasteiger partial charge in [0.05, 0.1) is 5.52 Å². The second-order valence-corrected chi connectivity index (χ2v) is 7.00. The van der Waals surface area contributed by atoms with Crippen LogP contribution in [0.4, 0.5) is 0 Å². The number of carbonyl (C=O) groups is 1. The fraction of sp³-hybridized carbons (Fsp3) is 0.364. The van der Waals surface area contributed by atoms with Crippen LogP contribution in [0.5, 0.6) is 17.2 Å². The normalized spacial score (nSPS) is 11.4. The van der Waals surface area contributed by atoms with Gasteiger partial charge in [0.15, 0.2) is 5.75 Å². The van der Waals surface area contributed by atoms with E-state index in [1.807, 2.05) is 6.08 Å². The lowest BCUT2D eigenvalue weighted by Gasteiger charge is -2.12. The molecule has 1 heterocycles. The molecule has 0 unspecified atom stereocenters. The SMILES string of the molecule is CC(=O)Oc1c(O)c2ccc(OC/C=C(\C)CCC=C(C)C)cc2n(C)c1=O. The predicted octanol–water partition coefficient (Wildman–Crippen LogP) is 4.24. The Morgan fingerprint density at radius 2 is 1.89 bits per heavy atom. The van der Waals surface area contributed by atoms with E-state index in [2.05, 4.69) is 26.8 Å². The van der Waals surface area contributed by atoms with Crippen molar-refractivity contribution >= 4 is 16.9 Å². The molecule has 0 fully saturated rings. The predicted molar refractivity (Wildman–Crippen MR) is 110 cm³/mol. The molecule has 1 N–H and O–H groups in total. The first kappa shape index (κ1) is 21.3. The highest BCUT2D eigenvalue weighted by Crippen LogP contribution is 2.33. The summed E-state index contributed by atoms with van der Waals surface area (Å²) in [5.74, 6) is -0.810. The van der Waals surface area contributed by atoms with Crippen molar-refractivity contribution in [3.63, 3.8) is 0 Å². The number of pyridine rings is 1. The quantitative estimate of drug-likeness (QED) is 0.570. The highest BCUT2D eigenvalue weighted by molar-refractivity contribution is 5.89. The standard InChI is InChI=1S/C22H27NO5/c1-14(2)7-6-8-15(3)11-12-27-17-9-10-18-19(13-17)23(5)22(26)21(20(18)25)28-16(4)24/h7,9-11,13,25H,6,8,12H2,1-5H3/b15-11+. The molecule has 0 radical (unpaired) electrons. The molecule has 0 amide bonds. The van der Waals surface area contributed by atoms with E-state index in [4.69, 9.17) is 9.47 Å². The van der Waals surface area contributed by atoms with Gasteiger partial charge in [-0.2, -0.15) is 0 Å². The topological polar surface area (TPSA) is 77.8 Å². The number of allylic oxidation sites excluding steroid dienone is 3. The Labute approximate surface area is 164 Å². The van der Waals surface area contributed by atoms with E-state index in [1.165, 1.54) is 22.6 Å². The van der Waals surface area contributed by atoms with Gasteiger partial charge in [-0.25, -0.2) is 0 Å². The highest BCUT2D eigenvalue weighted by atomic mass is 16.5. The summed E-state index contributed by atoms with van der Waals surface area (Å²) in [5.41, 5.74) is 2.45. The van der Waals surface area contributed by atoms with Crippen LogP contribution in [0.15, 0.2) is 46.3 Å². The van der Waals surface area contributed by atoms with Crippen LogP contribution in [0.1, 0.15) is 40.5 Å². The summed E-state index contributed by atoms with van der Waals surface area (Å²) in [4.78, 5) is 23.6. The minimum atomic E-state index is -0.668. The van der Waals surface area contributed by atoms with Crippen LogP contribution in [0.2, 0.25) is 0 Å². The first-order chi connectivity index (χ1) is 13.2. The Morgan fingerprint density at radius 1 is 1.18 bits per heavy atom. The van der Waals surface area contributed by atoms with Gasteiger partial charge < -0.3 is 19.1 Å². The van der Waals surface area contributed by atoms with Crippen LogP contribution in [0, 0.1) is 0 Å². The molecule has 2 aromatic rings. The Bertz CT molecular complexity index is 994. The first-order valence-corrected chi connectivity index (χ1v) is 9.16. The summed E-state index contributed by atoms with van der Waals surface area (Å²) >= 11 is 0. The van der Waals surface area contributed by atoms with Crippen molar-refractivity contribution in [1.29, 1.82) is 0 Å². The van der Waals surface area contributed by atoms with Gasteiger partial charge in [0.1, 0.15) is 12.4 Å². The van der Waals surface area contributed by atoms with Gasteiger partial charge in [-0.3, -0.25) is 9.59 Å². The van der Waals surface area contributed by atoms with E-state index in [0.29, 0.717) is 23.3 Å². The van der Waals surface area contributed by atoms with E-state index in [0.717, 1.165) is 12.8 Å². The molecule has 0 spiro atoms. The molecule has 0 bridgehead atoms. The van der Waals surface area contributed by atoms with Gasteiger partial charge in [-0.15, -0.1) is 0 Å². The summed E-state index contributed by atoms with van der Waals surface area (Å²) in [6.07, 6.45) is 6.22. The molecule has 0 aliphatic heterocycles. The molecule has 1 aromatic carbocycles. The van der Waals surface area contributed by atoms with Crippen molar-refractivity contribution < 1.29 is 19.4 Å². The van der Waals surface area contributed by atoms with Crippen molar-refractivity contribution in [3.8, 4) is 17.2 Å². The number of aromatic hydroxyl groups is 1. The lowest BCUT2D eigenvalue weighted by atomic mass is 10.1. The molecule has 6 nitrogen and oxygen atoms in total. The number of aromatic nitrogens is 1. The van der Waals surface area contributed by atoms with Gasteiger partial charge in [-0.05, 0) is 51.8 Å². The third-order valence-electron chi connectivity index (χ3n) is 4.32. The largest absolute Gasteiger partial charge is 0.504 e. The number of nitrogens with zero attached hydrogens (tertiary/aromatic N) is 1. The summed E-state index contributed by atoms with van der Waals surface area (Å²) in [6, 6.07) is 5.02. The van der Waals surface area contributed by atoms with E-state index in [1.54, 1.807) is 25.2 Å². The van der Waals surface area contributed by atoms with E-state index in [9.17, 15) is 14.7 Å². The number of esters is 1. The van der Waals surface area contributed by atoms with Crippen molar-refractivity contribution in [2.45, 2.75) is 40.5 Å². The van der Waals surface area contributed by atoms with Crippen LogP contribution in [-0.4, -0.2) is 22.2 Å². The maximum absolute atomic E-state index is 12.4. The van der Waals surface area contributed by atoms with Gasteiger partial charge >= 0.3 is 5.97 Å². The van der Waals surface area contributed by atoms with Crippen molar-refractivity contribution in [1.82, 2.24) is 4.57 Å². The molecule has 6 heteroatoms.